The Morgan fingerprint density at radius 1 is 1.15 bits per heavy atom. The first kappa shape index (κ1) is 15.0. The summed E-state index contributed by atoms with van der Waals surface area (Å²) in [6, 6.07) is -0.0934. The molecule has 1 aliphatic heterocycles. The molecule has 1 saturated heterocycles. The van der Waals surface area contributed by atoms with Crippen molar-refractivity contribution in [3.63, 3.8) is 0 Å². The van der Waals surface area contributed by atoms with Crippen LogP contribution in [-0.2, 0) is 9.59 Å². The van der Waals surface area contributed by atoms with E-state index in [4.69, 9.17) is 0 Å². The van der Waals surface area contributed by atoms with Gasteiger partial charge < -0.3 is 15.3 Å². The first-order valence-electron chi connectivity index (χ1n) is 7.51. The number of aliphatic hydroxyl groups excluding tert-OH is 1. The summed E-state index contributed by atoms with van der Waals surface area (Å²) in [5, 5.41) is 12.9. The summed E-state index contributed by atoms with van der Waals surface area (Å²) < 4.78 is 0. The smallest absolute Gasteiger partial charge is 0.245 e. The standard InChI is InChI=1S/C15H24N2O3/c1-2-14(19)17-9-7-11(8-10-17)15(20)16-12-5-3-4-6-13(12)18/h2,11-13,18H,1,3-10H2,(H,16,20)/t12-,13-/m1/s1. The molecule has 1 saturated carbocycles. The molecule has 20 heavy (non-hydrogen) atoms. The van der Waals surface area contributed by atoms with Gasteiger partial charge in [-0.15, -0.1) is 0 Å². The molecular formula is C15H24N2O3. The minimum Gasteiger partial charge on any atom is -0.391 e. The molecule has 0 spiro atoms. The molecule has 112 valence electrons. The summed E-state index contributed by atoms with van der Waals surface area (Å²) in [5.74, 6) is -0.0776. The Hall–Kier alpha value is -1.36. The number of aliphatic hydroxyl groups is 1. The van der Waals surface area contributed by atoms with E-state index in [9.17, 15) is 14.7 Å². The number of nitrogens with zero attached hydrogens (tertiary/aromatic N) is 1. The zero-order valence-corrected chi connectivity index (χ0v) is 11.9. The van der Waals surface area contributed by atoms with Gasteiger partial charge in [0.05, 0.1) is 12.1 Å². The molecule has 0 aromatic carbocycles. The van der Waals surface area contributed by atoms with Crippen molar-refractivity contribution in [2.75, 3.05) is 13.1 Å². The highest BCUT2D eigenvalue weighted by Crippen LogP contribution is 2.21. The van der Waals surface area contributed by atoms with E-state index in [1.165, 1.54) is 6.08 Å². The lowest BCUT2D eigenvalue weighted by molar-refractivity contribution is -0.133. The first-order chi connectivity index (χ1) is 9.61. The van der Waals surface area contributed by atoms with Crippen molar-refractivity contribution in [3.05, 3.63) is 12.7 Å². The summed E-state index contributed by atoms with van der Waals surface area (Å²) >= 11 is 0. The monoisotopic (exact) mass is 280 g/mol. The van der Waals surface area contributed by atoms with Crippen LogP contribution in [0.3, 0.4) is 0 Å². The van der Waals surface area contributed by atoms with Gasteiger partial charge in [0, 0.05) is 19.0 Å². The second-order valence-corrected chi connectivity index (χ2v) is 5.77. The fourth-order valence-corrected chi connectivity index (χ4v) is 3.07. The molecule has 0 aromatic heterocycles. The molecule has 0 unspecified atom stereocenters. The topological polar surface area (TPSA) is 69.6 Å². The SMILES string of the molecule is C=CC(=O)N1CCC(C(=O)N[C@@H]2CCCC[C@H]2O)CC1. The number of hydrogen-bond donors (Lipinski definition) is 2. The molecule has 5 heteroatoms. The van der Waals surface area contributed by atoms with Crippen LogP contribution in [0, 0.1) is 5.92 Å². The Morgan fingerprint density at radius 2 is 1.80 bits per heavy atom. The molecule has 2 aliphatic rings. The summed E-state index contributed by atoms with van der Waals surface area (Å²) in [5.41, 5.74) is 0. The number of carbonyl (C=O) groups excluding carboxylic acids is 2. The van der Waals surface area contributed by atoms with E-state index in [0.717, 1.165) is 25.7 Å². The molecule has 2 rings (SSSR count). The van der Waals surface area contributed by atoms with Crippen molar-refractivity contribution in [3.8, 4) is 0 Å². The number of amides is 2. The van der Waals surface area contributed by atoms with E-state index in [-0.39, 0.29) is 23.8 Å². The number of hydrogen-bond acceptors (Lipinski definition) is 3. The average Bonchev–Trinajstić information content (AvgIpc) is 2.49. The predicted octanol–water partition coefficient (Wildman–Crippen LogP) is 0.831. The maximum atomic E-state index is 12.2. The third-order valence-electron chi connectivity index (χ3n) is 4.41. The van der Waals surface area contributed by atoms with Crippen molar-refractivity contribution in [1.82, 2.24) is 10.2 Å². The van der Waals surface area contributed by atoms with E-state index < -0.39 is 6.10 Å². The zero-order valence-electron chi connectivity index (χ0n) is 11.9. The number of piperidine rings is 1. The maximum Gasteiger partial charge on any atom is 0.245 e. The minimum atomic E-state index is -0.407. The quantitative estimate of drug-likeness (QED) is 0.752. The van der Waals surface area contributed by atoms with Gasteiger partial charge in [-0.05, 0) is 31.8 Å². The summed E-state index contributed by atoms with van der Waals surface area (Å²) in [6.45, 7) is 4.69. The van der Waals surface area contributed by atoms with Crippen LogP contribution in [0.4, 0.5) is 0 Å². The second-order valence-electron chi connectivity index (χ2n) is 5.77. The molecule has 1 aliphatic carbocycles. The molecule has 1 heterocycles. The van der Waals surface area contributed by atoms with Crippen LogP contribution in [0.15, 0.2) is 12.7 Å². The van der Waals surface area contributed by atoms with Crippen LogP contribution in [0.1, 0.15) is 38.5 Å². The van der Waals surface area contributed by atoms with Gasteiger partial charge >= 0.3 is 0 Å². The van der Waals surface area contributed by atoms with Crippen LogP contribution in [0.2, 0.25) is 0 Å². The third kappa shape index (κ3) is 3.60. The van der Waals surface area contributed by atoms with Crippen LogP contribution in [0.5, 0.6) is 0 Å². The number of nitrogens with one attached hydrogen (secondary N) is 1. The van der Waals surface area contributed by atoms with E-state index in [1.54, 1.807) is 4.90 Å². The Balaban J connectivity index is 1.79. The van der Waals surface area contributed by atoms with Gasteiger partial charge in [-0.25, -0.2) is 0 Å². The van der Waals surface area contributed by atoms with Crippen LogP contribution >= 0.6 is 0 Å². The van der Waals surface area contributed by atoms with Crippen molar-refractivity contribution < 1.29 is 14.7 Å². The summed E-state index contributed by atoms with van der Waals surface area (Å²) in [7, 11) is 0. The van der Waals surface area contributed by atoms with Crippen molar-refractivity contribution in [1.29, 1.82) is 0 Å². The van der Waals surface area contributed by atoms with Crippen LogP contribution in [-0.4, -0.2) is 47.1 Å². The van der Waals surface area contributed by atoms with Gasteiger partial charge in [0.1, 0.15) is 0 Å². The van der Waals surface area contributed by atoms with Gasteiger partial charge in [-0.2, -0.15) is 0 Å². The molecule has 0 radical (unpaired) electrons. The van der Waals surface area contributed by atoms with Gasteiger partial charge in [-0.1, -0.05) is 19.4 Å². The van der Waals surface area contributed by atoms with Crippen molar-refractivity contribution >= 4 is 11.8 Å². The lowest BCUT2D eigenvalue weighted by atomic mass is 9.90. The first-order valence-corrected chi connectivity index (χ1v) is 7.51. The molecular weight excluding hydrogens is 256 g/mol. The Labute approximate surface area is 120 Å². The highest BCUT2D eigenvalue weighted by molar-refractivity contribution is 5.87. The second kappa shape index (κ2) is 6.88. The molecule has 0 aromatic rings. The van der Waals surface area contributed by atoms with E-state index in [0.29, 0.717) is 25.9 Å². The largest absolute Gasteiger partial charge is 0.391 e. The van der Waals surface area contributed by atoms with Gasteiger partial charge in [0.25, 0.3) is 0 Å². The Kier molecular flexibility index (Phi) is 5.17. The van der Waals surface area contributed by atoms with E-state index in [2.05, 4.69) is 11.9 Å². The number of carbonyl (C=O) groups is 2. The van der Waals surface area contributed by atoms with Gasteiger partial charge in [-0.3, -0.25) is 9.59 Å². The lowest BCUT2D eigenvalue weighted by Gasteiger charge is -2.33. The molecule has 2 N–H and O–H groups in total. The van der Waals surface area contributed by atoms with E-state index in [1.807, 2.05) is 0 Å². The van der Waals surface area contributed by atoms with Crippen molar-refractivity contribution in [2.45, 2.75) is 50.7 Å². The van der Waals surface area contributed by atoms with E-state index >= 15 is 0 Å². The van der Waals surface area contributed by atoms with Crippen LogP contribution < -0.4 is 5.32 Å². The summed E-state index contributed by atoms with van der Waals surface area (Å²) in [4.78, 5) is 25.4. The van der Waals surface area contributed by atoms with Gasteiger partial charge in [0.15, 0.2) is 0 Å². The predicted molar refractivity (Wildman–Crippen MR) is 75.9 cm³/mol. The lowest BCUT2D eigenvalue weighted by Crippen LogP contribution is -2.49. The van der Waals surface area contributed by atoms with Gasteiger partial charge in [0.2, 0.25) is 11.8 Å². The molecule has 0 bridgehead atoms. The third-order valence-corrected chi connectivity index (χ3v) is 4.41. The average molecular weight is 280 g/mol. The highest BCUT2D eigenvalue weighted by atomic mass is 16.3. The Bertz CT molecular complexity index is 375. The van der Waals surface area contributed by atoms with Crippen molar-refractivity contribution in [2.24, 2.45) is 5.92 Å². The summed E-state index contributed by atoms with van der Waals surface area (Å²) in [6.07, 6.45) is 6.03. The minimum absolute atomic E-state index is 0.0293. The fourth-order valence-electron chi connectivity index (χ4n) is 3.07. The zero-order chi connectivity index (χ0) is 14.5. The number of rotatable bonds is 3. The maximum absolute atomic E-state index is 12.2. The van der Waals surface area contributed by atoms with Crippen LogP contribution in [0.25, 0.3) is 0 Å². The molecule has 5 nitrogen and oxygen atoms in total. The molecule has 2 atom stereocenters. The number of likely N-dealkylation sites (tertiary alicyclic amines) is 1. The molecule has 2 amide bonds. The fraction of sp³-hybridized carbons (Fsp3) is 0.733. The normalized spacial score (nSPS) is 27.9. The molecule has 2 fully saturated rings. The Morgan fingerprint density at radius 3 is 2.40 bits per heavy atom. The highest BCUT2D eigenvalue weighted by Gasteiger charge is 2.30.